The Morgan fingerprint density at radius 2 is 2.06 bits per heavy atom. The van der Waals surface area contributed by atoms with Crippen molar-refractivity contribution in [2.24, 2.45) is 5.73 Å². The van der Waals surface area contributed by atoms with Crippen molar-refractivity contribution in [3.63, 3.8) is 0 Å². The second-order valence-corrected chi connectivity index (χ2v) is 4.59. The van der Waals surface area contributed by atoms with Crippen LogP contribution in [-0.4, -0.2) is 4.98 Å². The highest BCUT2D eigenvalue weighted by Crippen LogP contribution is 2.36. The van der Waals surface area contributed by atoms with Crippen molar-refractivity contribution in [3.8, 4) is 0 Å². The van der Waals surface area contributed by atoms with E-state index >= 15 is 0 Å². The molecule has 0 bridgehead atoms. The second kappa shape index (κ2) is 3.22. The average molecular weight is 218 g/mol. The number of H-pyrrole nitrogens is 1. The Hall–Kier alpha value is -1.55. The summed E-state index contributed by atoms with van der Waals surface area (Å²) in [6.07, 6.45) is 4.38. The molecule has 1 aromatic heterocycles. The molecule has 1 fully saturated rings. The summed E-state index contributed by atoms with van der Waals surface area (Å²) in [4.78, 5) is 13.7. The lowest BCUT2D eigenvalue weighted by Crippen LogP contribution is -2.32. The van der Waals surface area contributed by atoms with Crippen LogP contribution in [0, 0.1) is 0 Å². The number of nitrogens with one attached hydrogen (secondary N) is 1. The lowest BCUT2D eigenvalue weighted by Gasteiger charge is -2.23. The Morgan fingerprint density at radius 3 is 2.81 bits per heavy atom. The van der Waals surface area contributed by atoms with E-state index in [1.807, 2.05) is 18.2 Å². The minimum Gasteiger partial charge on any atom is -0.408 e. The first kappa shape index (κ1) is 9.66. The second-order valence-electron chi connectivity index (χ2n) is 4.59. The molecule has 0 amide bonds. The van der Waals surface area contributed by atoms with Crippen LogP contribution < -0.4 is 11.5 Å². The first-order valence-corrected chi connectivity index (χ1v) is 5.60. The summed E-state index contributed by atoms with van der Waals surface area (Å²) in [7, 11) is 0. The Balaban J connectivity index is 2.14. The van der Waals surface area contributed by atoms with E-state index in [-0.39, 0.29) is 5.54 Å². The molecule has 1 aliphatic rings. The maximum Gasteiger partial charge on any atom is 0.417 e. The first-order chi connectivity index (χ1) is 7.67. The molecule has 0 unspecified atom stereocenters. The zero-order valence-corrected chi connectivity index (χ0v) is 8.95. The molecule has 3 rings (SSSR count). The van der Waals surface area contributed by atoms with Crippen molar-refractivity contribution >= 4 is 11.1 Å². The predicted octanol–water partition coefficient (Wildman–Crippen LogP) is 1.85. The van der Waals surface area contributed by atoms with Crippen LogP contribution in [0.4, 0.5) is 0 Å². The van der Waals surface area contributed by atoms with Crippen molar-refractivity contribution in [3.05, 3.63) is 34.3 Å². The molecule has 0 saturated heterocycles. The largest absolute Gasteiger partial charge is 0.417 e. The van der Waals surface area contributed by atoms with Gasteiger partial charge in [0, 0.05) is 5.54 Å². The number of hydrogen-bond acceptors (Lipinski definition) is 3. The molecular formula is C12H14N2O2. The zero-order chi connectivity index (χ0) is 11.2. The van der Waals surface area contributed by atoms with E-state index in [2.05, 4.69) is 4.98 Å². The van der Waals surface area contributed by atoms with Crippen LogP contribution >= 0.6 is 0 Å². The monoisotopic (exact) mass is 218 g/mol. The maximum atomic E-state index is 11.0. The summed E-state index contributed by atoms with van der Waals surface area (Å²) in [6.45, 7) is 0. The molecule has 1 saturated carbocycles. The lowest BCUT2D eigenvalue weighted by atomic mass is 9.89. The van der Waals surface area contributed by atoms with E-state index in [0.717, 1.165) is 23.9 Å². The van der Waals surface area contributed by atoms with E-state index in [1.54, 1.807) is 0 Å². The summed E-state index contributed by atoms with van der Waals surface area (Å²) in [5, 5.41) is 0. The molecule has 16 heavy (non-hydrogen) atoms. The molecule has 0 radical (unpaired) electrons. The molecule has 3 N–H and O–H groups in total. The normalized spacial score (nSPS) is 19.3. The fourth-order valence-electron chi connectivity index (χ4n) is 2.56. The molecule has 1 aromatic carbocycles. The van der Waals surface area contributed by atoms with Gasteiger partial charge in [0.15, 0.2) is 5.58 Å². The quantitative estimate of drug-likeness (QED) is 0.767. The van der Waals surface area contributed by atoms with Gasteiger partial charge in [-0.1, -0.05) is 18.9 Å². The first-order valence-electron chi connectivity index (χ1n) is 5.60. The van der Waals surface area contributed by atoms with Gasteiger partial charge < -0.3 is 10.2 Å². The highest BCUT2D eigenvalue weighted by atomic mass is 16.4. The number of aromatic amines is 1. The van der Waals surface area contributed by atoms with Crippen molar-refractivity contribution in [2.75, 3.05) is 0 Å². The summed E-state index contributed by atoms with van der Waals surface area (Å²) >= 11 is 0. The maximum absolute atomic E-state index is 11.0. The lowest BCUT2D eigenvalue weighted by molar-refractivity contribution is 0.462. The van der Waals surface area contributed by atoms with Gasteiger partial charge in [0.2, 0.25) is 0 Å². The van der Waals surface area contributed by atoms with Crippen LogP contribution in [0.2, 0.25) is 0 Å². The highest BCUT2D eigenvalue weighted by Gasteiger charge is 2.31. The molecule has 1 heterocycles. The molecule has 0 aliphatic heterocycles. The van der Waals surface area contributed by atoms with E-state index in [4.69, 9.17) is 10.2 Å². The van der Waals surface area contributed by atoms with Gasteiger partial charge in [0.05, 0.1) is 5.52 Å². The van der Waals surface area contributed by atoms with Crippen LogP contribution in [0.3, 0.4) is 0 Å². The SMILES string of the molecule is NC1(c2ccc3oc(=O)[nH]c3c2)CCCC1. The number of rotatable bonds is 1. The van der Waals surface area contributed by atoms with E-state index in [0.29, 0.717) is 5.58 Å². The summed E-state index contributed by atoms with van der Waals surface area (Å²) in [5.41, 5.74) is 8.56. The third kappa shape index (κ3) is 1.38. The van der Waals surface area contributed by atoms with E-state index in [1.165, 1.54) is 12.8 Å². The Labute approximate surface area is 92.4 Å². The summed E-state index contributed by atoms with van der Waals surface area (Å²) < 4.78 is 4.97. The van der Waals surface area contributed by atoms with Crippen LogP contribution in [0.5, 0.6) is 0 Å². The number of aromatic nitrogens is 1. The highest BCUT2D eigenvalue weighted by molar-refractivity contribution is 5.73. The smallest absolute Gasteiger partial charge is 0.408 e. The van der Waals surface area contributed by atoms with Crippen molar-refractivity contribution < 1.29 is 4.42 Å². The van der Waals surface area contributed by atoms with Crippen molar-refractivity contribution in [1.82, 2.24) is 4.98 Å². The topological polar surface area (TPSA) is 72.0 Å². The molecule has 0 spiro atoms. The van der Waals surface area contributed by atoms with Crippen LogP contribution in [0.15, 0.2) is 27.4 Å². The van der Waals surface area contributed by atoms with Gasteiger partial charge in [0.25, 0.3) is 0 Å². The molecule has 84 valence electrons. The van der Waals surface area contributed by atoms with Crippen molar-refractivity contribution in [2.45, 2.75) is 31.2 Å². The fraction of sp³-hybridized carbons (Fsp3) is 0.417. The van der Waals surface area contributed by atoms with Gasteiger partial charge in [-0.3, -0.25) is 4.98 Å². The average Bonchev–Trinajstić information content (AvgIpc) is 2.82. The van der Waals surface area contributed by atoms with Crippen molar-refractivity contribution in [1.29, 1.82) is 0 Å². The number of oxazole rings is 1. The zero-order valence-electron chi connectivity index (χ0n) is 8.95. The van der Waals surface area contributed by atoms with Gasteiger partial charge in [-0.25, -0.2) is 4.79 Å². The molecule has 0 atom stereocenters. The Bertz CT molecular complexity index is 576. The number of fused-ring (bicyclic) bond motifs is 1. The number of hydrogen-bond donors (Lipinski definition) is 2. The van der Waals surface area contributed by atoms with Crippen LogP contribution in [0.1, 0.15) is 31.2 Å². The third-order valence-corrected chi connectivity index (χ3v) is 3.49. The number of nitrogens with two attached hydrogens (primary N) is 1. The molecule has 4 nitrogen and oxygen atoms in total. The minimum absolute atomic E-state index is 0.220. The molecular weight excluding hydrogens is 204 g/mol. The summed E-state index contributed by atoms with van der Waals surface area (Å²) in [5.74, 6) is -0.412. The molecule has 4 heteroatoms. The minimum atomic E-state index is -0.412. The third-order valence-electron chi connectivity index (χ3n) is 3.49. The fourth-order valence-corrected chi connectivity index (χ4v) is 2.56. The molecule has 1 aliphatic carbocycles. The van der Waals surface area contributed by atoms with E-state index < -0.39 is 5.76 Å². The van der Waals surface area contributed by atoms with E-state index in [9.17, 15) is 4.79 Å². The van der Waals surface area contributed by atoms with Gasteiger partial charge in [-0.15, -0.1) is 0 Å². The van der Waals surface area contributed by atoms with Gasteiger partial charge in [-0.2, -0.15) is 0 Å². The van der Waals surface area contributed by atoms with Crippen LogP contribution in [-0.2, 0) is 5.54 Å². The standard InChI is InChI=1S/C12H14N2O2/c13-12(5-1-2-6-12)8-3-4-10-9(7-8)14-11(15)16-10/h3-4,7H,1-2,5-6,13H2,(H,14,15). The number of benzene rings is 1. The van der Waals surface area contributed by atoms with Crippen LogP contribution in [0.25, 0.3) is 11.1 Å². The summed E-state index contributed by atoms with van der Waals surface area (Å²) in [6, 6.07) is 5.71. The Kier molecular flexibility index (Phi) is 1.94. The van der Waals surface area contributed by atoms with Gasteiger partial charge in [0.1, 0.15) is 0 Å². The predicted molar refractivity (Wildman–Crippen MR) is 61.2 cm³/mol. The molecule has 2 aromatic rings. The Morgan fingerprint density at radius 1 is 1.31 bits per heavy atom. The van der Waals surface area contributed by atoms with Gasteiger partial charge in [-0.05, 0) is 30.5 Å². The van der Waals surface area contributed by atoms with Gasteiger partial charge >= 0.3 is 5.76 Å².